The smallest absolute Gasteiger partial charge is 0.137 e. The Morgan fingerprint density at radius 3 is 2.48 bits per heavy atom. The molecular formula is C19H24N2OS3. The first-order valence-electron chi connectivity index (χ1n) is 8.38. The topological polar surface area (TPSA) is 32.3 Å². The van der Waals surface area contributed by atoms with Crippen molar-refractivity contribution in [3.63, 3.8) is 0 Å². The van der Waals surface area contributed by atoms with Crippen molar-refractivity contribution in [2.75, 3.05) is 13.1 Å². The Balaban J connectivity index is 1.65. The molecule has 1 saturated heterocycles. The Morgan fingerprint density at radius 2 is 1.80 bits per heavy atom. The highest BCUT2D eigenvalue weighted by molar-refractivity contribution is 8.12. The molecule has 0 aliphatic carbocycles. The monoisotopic (exact) mass is 392 g/mol. The standard InChI is InChI=1S/C19H24N2OS3/c1-15-7-9-17(10-8-15)24(3)20-16(2)18-11-12-19(23-18)25(22)21-13-5-4-6-14-21/h7-12,20H,2-6,13-14H2,1H3. The zero-order chi connectivity index (χ0) is 17.8. The minimum atomic E-state index is -1.05. The molecule has 0 spiro atoms. The Morgan fingerprint density at radius 1 is 1.12 bits per heavy atom. The van der Waals surface area contributed by atoms with Gasteiger partial charge in [-0.2, -0.15) is 0 Å². The van der Waals surface area contributed by atoms with E-state index in [2.05, 4.69) is 52.7 Å². The number of nitrogens with one attached hydrogen (secondary N) is 1. The van der Waals surface area contributed by atoms with Crippen LogP contribution in [0.25, 0.3) is 5.70 Å². The Kier molecular flexibility index (Phi) is 6.28. The first kappa shape index (κ1) is 18.6. The summed E-state index contributed by atoms with van der Waals surface area (Å²) in [6, 6.07) is 12.3. The highest BCUT2D eigenvalue weighted by atomic mass is 32.2. The van der Waals surface area contributed by atoms with Gasteiger partial charge in [0.25, 0.3) is 0 Å². The van der Waals surface area contributed by atoms with Crippen molar-refractivity contribution in [1.82, 2.24) is 9.03 Å². The lowest BCUT2D eigenvalue weighted by molar-refractivity contribution is 0.366. The number of hydrogen-bond donors (Lipinski definition) is 1. The average molecular weight is 393 g/mol. The second-order valence-electron chi connectivity index (χ2n) is 6.14. The van der Waals surface area contributed by atoms with Crippen molar-refractivity contribution in [1.29, 1.82) is 0 Å². The summed E-state index contributed by atoms with van der Waals surface area (Å²) in [6.07, 6.45) is 3.52. The molecule has 3 nitrogen and oxygen atoms in total. The van der Waals surface area contributed by atoms with Crippen LogP contribution >= 0.6 is 22.0 Å². The van der Waals surface area contributed by atoms with Gasteiger partial charge in [-0.3, -0.25) is 0 Å². The fraction of sp³-hybridized carbons (Fsp3) is 0.316. The third kappa shape index (κ3) is 4.70. The number of nitrogens with zero attached hydrogens (tertiary/aromatic N) is 1. The maximum Gasteiger partial charge on any atom is 0.137 e. The molecule has 25 heavy (non-hydrogen) atoms. The summed E-state index contributed by atoms with van der Waals surface area (Å²) >= 11 is 1.56. The molecule has 2 heterocycles. The van der Waals surface area contributed by atoms with E-state index < -0.39 is 11.0 Å². The summed E-state index contributed by atoms with van der Waals surface area (Å²) in [6.45, 7) is 8.07. The lowest BCUT2D eigenvalue weighted by Crippen LogP contribution is -2.31. The van der Waals surface area contributed by atoms with E-state index in [9.17, 15) is 4.21 Å². The van der Waals surface area contributed by atoms with Gasteiger partial charge in [-0.25, -0.2) is 8.51 Å². The maximum absolute atomic E-state index is 12.7. The van der Waals surface area contributed by atoms with Crippen LogP contribution in [-0.2, 0) is 11.0 Å². The van der Waals surface area contributed by atoms with Crippen LogP contribution in [-0.4, -0.2) is 27.5 Å². The highest BCUT2D eigenvalue weighted by Gasteiger charge is 2.19. The van der Waals surface area contributed by atoms with E-state index in [-0.39, 0.29) is 10.7 Å². The minimum absolute atomic E-state index is 0.357. The van der Waals surface area contributed by atoms with Crippen molar-refractivity contribution in [2.45, 2.75) is 35.3 Å². The van der Waals surface area contributed by atoms with Gasteiger partial charge >= 0.3 is 0 Å². The number of thiophene rings is 1. The molecule has 2 unspecified atom stereocenters. The predicted molar refractivity (Wildman–Crippen MR) is 112 cm³/mol. The van der Waals surface area contributed by atoms with Crippen LogP contribution < -0.4 is 4.72 Å². The molecule has 1 aromatic heterocycles. The summed E-state index contributed by atoms with van der Waals surface area (Å²) in [7, 11) is -1.40. The molecule has 0 bridgehead atoms. The predicted octanol–water partition coefficient (Wildman–Crippen LogP) is 4.80. The molecule has 1 aliphatic rings. The van der Waals surface area contributed by atoms with Gasteiger partial charge in [-0.05, 0) is 44.0 Å². The van der Waals surface area contributed by atoms with E-state index in [1.165, 1.54) is 12.0 Å². The molecule has 0 radical (unpaired) electrons. The summed E-state index contributed by atoms with van der Waals surface area (Å²) in [5, 5.41) is 0. The average Bonchev–Trinajstić information content (AvgIpc) is 3.12. The Bertz CT molecular complexity index is 789. The third-order valence-corrected chi connectivity index (χ3v) is 8.42. The lowest BCUT2D eigenvalue weighted by atomic mass is 10.2. The molecule has 1 fully saturated rings. The van der Waals surface area contributed by atoms with Gasteiger partial charge in [-0.15, -0.1) is 11.3 Å². The molecule has 1 aliphatic heterocycles. The van der Waals surface area contributed by atoms with Crippen LogP contribution in [0.3, 0.4) is 0 Å². The van der Waals surface area contributed by atoms with Crippen molar-refractivity contribution in [2.24, 2.45) is 0 Å². The number of benzene rings is 1. The number of rotatable bonds is 6. The Hall–Kier alpha value is -1.21. The van der Waals surface area contributed by atoms with Gasteiger partial charge in [0.05, 0.1) is 10.6 Å². The van der Waals surface area contributed by atoms with Crippen LogP contribution in [0.1, 0.15) is 29.7 Å². The number of hydrogen-bond acceptors (Lipinski definition) is 3. The molecular weight excluding hydrogens is 368 g/mol. The number of piperidine rings is 1. The van der Waals surface area contributed by atoms with E-state index in [0.29, 0.717) is 0 Å². The van der Waals surface area contributed by atoms with E-state index >= 15 is 0 Å². The second kappa shape index (κ2) is 8.45. The fourth-order valence-corrected chi connectivity index (χ4v) is 6.31. The van der Waals surface area contributed by atoms with E-state index in [1.54, 1.807) is 11.3 Å². The summed E-state index contributed by atoms with van der Waals surface area (Å²) < 4.78 is 19.1. The van der Waals surface area contributed by atoms with Gasteiger partial charge in [-0.1, -0.05) is 47.2 Å². The van der Waals surface area contributed by atoms with Gasteiger partial charge in [0.1, 0.15) is 15.2 Å². The van der Waals surface area contributed by atoms with Gasteiger partial charge < -0.3 is 4.72 Å². The highest BCUT2D eigenvalue weighted by Crippen LogP contribution is 2.30. The molecule has 134 valence electrons. The van der Waals surface area contributed by atoms with Crippen molar-refractivity contribution in [3.8, 4) is 0 Å². The van der Waals surface area contributed by atoms with Crippen LogP contribution in [0.2, 0.25) is 0 Å². The quantitative estimate of drug-likeness (QED) is 0.716. The fourth-order valence-electron chi connectivity index (χ4n) is 2.69. The van der Waals surface area contributed by atoms with Crippen LogP contribution in [0.4, 0.5) is 0 Å². The van der Waals surface area contributed by atoms with Crippen molar-refractivity contribution < 1.29 is 4.21 Å². The SMILES string of the molecule is C=C(NS(=C)c1ccc(C)cc1)c1ccc(S(=O)N2CCCCC2)s1. The summed E-state index contributed by atoms with van der Waals surface area (Å²) in [5.41, 5.74) is 2.08. The first-order chi connectivity index (χ1) is 12.0. The Labute approximate surface area is 159 Å². The van der Waals surface area contributed by atoms with Gasteiger partial charge in [0, 0.05) is 18.0 Å². The van der Waals surface area contributed by atoms with Crippen LogP contribution in [0.5, 0.6) is 0 Å². The molecule has 2 aromatic rings. The van der Waals surface area contributed by atoms with Gasteiger partial charge in [0.2, 0.25) is 0 Å². The maximum atomic E-state index is 12.7. The molecule has 1 aromatic carbocycles. The van der Waals surface area contributed by atoms with Crippen LogP contribution in [0, 0.1) is 6.92 Å². The summed E-state index contributed by atoms with van der Waals surface area (Å²) in [5.74, 6) is 4.21. The number of aryl methyl sites for hydroxylation is 1. The van der Waals surface area contributed by atoms with Crippen LogP contribution in [0.15, 0.2) is 52.1 Å². The van der Waals surface area contributed by atoms with Crippen molar-refractivity contribution >= 4 is 44.6 Å². The molecule has 2 atom stereocenters. The van der Waals surface area contributed by atoms with E-state index in [0.717, 1.165) is 45.6 Å². The van der Waals surface area contributed by atoms with Gasteiger partial charge in [0.15, 0.2) is 0 Å². The first-order valence-corrected chi connectivity index (χ1v) is 11.7. The molecule has 6 heteroatoms. The largest absolute Gasteiger partial charge is 0.331 e. The van der Waals surface area contributed by atoms with Crippen molar-refractivity contribution in [3.05, 3.63) is 53.4 Å². The normalized spacial score (nSPS) is 17.8. The zero-order valence-corrected chi connectivity index (χ0v) is 16.9. The molecule has 3 rings (SSSR count). The second-order valence-corrected chi connectivity index (χ2v) is 10.4. The zero-order valence-electron chi connectivity index (χ0n) is 14.5. The van der Waals surface area contributed by atoms with E-state index in [1.807, 2.05) is 12.1 Å². The third-order valence-electron chi connectivity index (χ3n) is 4.15. The lowest BCUT2D eigenvalue weighted by Gasteiger charge is -2.24. The summed E-state index contributed by atoms with van der Waals surface area (Å²) in [4.78, 5) is 2.18. The van der Waals surface area contributed by atoms with E-state index in [4.69, 9.17) is 0 Å². The molecule has 1 N–H and O–H groups in total. The molecule has 0 amide bonds. The minimum Gasteiger partial charge on any atom is -0.331 e. The molecule has 0 saturated carbocycles.